The van der Waals surface area contributed by atoms with E-state index in [4.69, 9.17) is 4.74 Å². The second-order valence-corrected chi connectivity index (χ2v) is 7.73. The number of piperazine rings is 1. The highest BCUT2D eigenvalue weighted by Crippen LogP contribution is 2.28. The third kappa shape index (κ3) is 4.42. The number of rotatable bonds is 4. The summed E-state index contributed by atoms with van der Waals surface area (Å²) < 4.78 is 5.45. The number of hydrogen-bond acceptors (Lipinski definition) is 7. The van der Waals surface area contributed by atoms with Gasteiger partial charge in [0.25, 0.3) is 0 Å². The normalized spacial score (nSPS) is 19.4. The number of anilines is 3. The topological polar surface area (TPSA) is 56.8 Å². The molecule has 0 amide bonds. The Balaban J connectivity index is 0.00000205. The number of morpholine rings is 1. The second kappa shape index (κ2) is 9.15. The standard InChI is InChI=1S/C21H28N6O.ClH/c1-2-17-4-5-22-21(17)18(3-1)15-25-6-8-26(9-7-25)19-14-20(24-16-23-19)27-10-12-28-13-11-27;/h1-3,14,16,22H,4-13,15H2;1H. The predicted octanol–water partition coefficient (Wildman–Crippen LogP) is 2.03. The molecule has 0 bridgehead atoms. The fraction of sp³-hybridized carbons (Fsp3) is 0.524. The first-order valence-corrected chi connectivity index (χ1v) is 10.3. The minimum atomic E-state index is 0. The second-order valence-electron chi connectivity index (χ2n) is 7.73. The highest BCUT2D eigenvalue weighted by Gasteiger charge is 2.22. The molecule has 156 valence electrons. The van der Waals surface area contributed by atoms with Crippen molar-refractivity contribution in [2.45, 2.75) is 13.0 Å². The van der Waals surface area contributed by atoms with Crippen molar-refractivity contribution in [3.8, 4) is 0 Å². The summed E-state index contributed by atoms with van der Waals surface area (Å²) in [7, 11) is 0. The van der Waals surface area contributed by atoms with E-state index in [1.807, 2.05) is 0 Å². The lowest BCUT2D eigenvalue weighted by Crippen LogP contribution is -2.46. The molecule has 3 aliphatic heterocycles. The number of aromatic nitrogens is 2. The Hall–Kier alpha value is -2.09. The third-order valence-electron chi connectivity index (χ3n) is 6.00. The van der Waals surface area contributed by atoms with Crippen molar-refractivity contribution in [3.05, 3.63) is 41.7 Å². The van der Waals surface area contributed by atoms with Crippen LogP contribution >= 0.6 is 12.4 Å². The number of fused-ring (bicyclic) bond motifs is 1. The molecule has 0 unspecified atom stereocenters. The Kier molecular flexibility index (Phi) is 6.37. The van der Waals surface area contributed by atoms with Crippen LogP contribution in [0.3, 0.4) is 0 Å². The fourth-order valence-electron chi connectivity index (χ4n) is 4.39. The van der Waals surface area contributed by atoms with E-state index in [1.54, 1.807) is 6.33 Å². The molecule has 5 rings (SSSR count). The van der Waals surface area contributed by atoms with Gasteiger partial charge in [-0.05, 0) is 17.5 Å². The van der Waals surface area contributed by atoms with Gasteiger partial charge in [0, 0.05) is 64.1 Å². The molecule has 0 radical (unpaired) electrons. The molecule has 0 spiro atoms. The monoisotopic (exact) mass is 416 g/mol. The molecule has 1 N–H and O–H groups in total. The molecular formula is C21H29ClN6O. The highest BCUT2D eigenvalue weighted by atomic mass is 35.5. The number of nitrogens with zero attached hydrogens (tertiary/aromatic N) is 5. The van der Waals surface area contributed by atoms with Crippen LogP contribution in [0.25, 0.3) is 0 Å². The molecule has 2 aromatic rings. The average Bonchev–Trinajstić information content (AvgIpc) is 3.25. The van der Waals surface area contributed by atoms with Gasteiger partial charge in [0.15, 0.2) is 0 Å². The number of benzene rings is 1. The van der Waals surface area contributed by atoms with E-state index in [1.165, 1.54) is 16.8 Å². The summed E-state index contributed by atoms with van der Waals surface area (Å²) in [4.78, 5) is 16.2. The number of para-hydroxylation sites is 1. The van der Waals surface area contributed by atoms with E-state index in [9.17, 15) is 0 Å². The minimum absolute atomic E-state index is 0. The van der Waals surface area contributed by atoms with E-state index in [0.717, 1.165) is 83.6 Å². The van der Waals surface area contributed by atoms with E-state index in [0.29, 0.717) is 0 Å². The molecule has 4 heterocycles. The van der Waals surface area contributed by atoms with Gasteiger partial charge in [-0.2, -0.15) is 0 Å². The molecule has 8 heteroatoms. The molecule has 2 saturated heterocycles. The summed E-state index contributed by atoms with van der Waals surface area (Å²) in [5.74, 6) is 2.06. The quantitative estimate of drug-likeness (QED) is 0.818. The largest absolute Gasteiger partial charge is 0.384 e. The lowest BCUT2D eigenvalue weighted by atomic mass is 10.1. The molecule has 7 nitrogen and oxygen atoms in total. The van der Waals surface area contributed by atoms with Crippen LogP contribution in [0, 0.1) is 0 Å². The number of hydrogen-bond donors (Lipinski definition) is 1. The Bertz CT molecular complexity index is 821. The first-order chi connectivity index (χ1) is 13.9. The van der Waals surface area contributed by atoms with E-state index in [2.05, 4.69) is 54.2 Å². The molecule has 2 fully saturated rings. The van der Waals surface area contributed by atoms with Crippen molar-refractivity contribution in [2.75, 3.05) is 74.1 Å². The number of halogens is 1. The fourth-order valence-corrected chi connectivity index (χ4v) is 4.39. The zero-order chi connectivity index (χ0) is 18.8. The third-order valence-corrected chi connectivity index (χ3v) is 6.00. The van der Waals surface area contributed by atoms with Crippen molar-refractivity contribution >= 4 is 29.7 Å². The summed E-state index contributed by atoms with van der Waals surface area (Å²) in [5, 5.41) is 3.56. The van der Waals surface area contributed by atoms with Gasteiger partial charge in [0.2, 0.25) is 0 Å². The van der Waals surface area contributed by atoms with Gasteiger partial charge in [-0.15, -0.1) is 12.4 Å². The summed E-state index contributed by atoms with van der Waals surface area (Å²) in [6, 6.07) is 8.85. The van der Waals surface area contributed by atoms with Crippen molar-refractivity contribution in [1.29, 1.82) is 0 Å². The van der Waals surface area contributed by atoms with Crippen LogP contribution in [0.15, 0.2) is 30.6 Å². The first-order valence-electron chi connectivity index (χ1n) is 10.3. The average molecular weight is 417 g/mol. The predicted molar refractivity (Wildman–Crippen MR) is 118 cm³/mol. The molecular weight excluding hydrogens is 388 g/mol. The molecule has 1 aromatic carbocycles. The summed E-state index contributed by atoms with van der Waals surface area (Å²) in [5.41, 5.74) is 4.27. The van der Waals surface area contributed by atoms with Gasteiger partial charge in [0.05, 0.1) is 13.2 Å². The summed E-state index contributed by atoms with van der Waals surface area (Å²) >= 11 is 0. The van der Waals surface area contributed by atoms with Gasteiger partial charge >= 0.3 is 0 Å². The van der Waals surface area contributed by atoms with Crippen molar-refractivity contribution in [1.82, 2.24) is 14.9 Å². The van der Waals surface area contributed by atoms with Crippen molar-refractivity contribution in [2.24, 2.45) is 0 Å². The highest BCUT2D eigenvalue weighted by molar-refractivity contribution is 5.85. The zero-order valence-electron chi connectivity index (χ0n) is 16.7. The van der Waals surface area contributed by atoms with Crippen LogP contribution in [0.2, 0.25) is 0 Å². The van der Waals surface area contributed by atoms with Crippen LogP contribution < -0.4 is 15.1 Å². The molecule has 0 aliphatic carbocycles. The molecule has 0 saturated carbocycles. The molecule has 1 aromatic heterocycles. The van der Waals surface area contributed by atoms with Crippen molar-refractivity contribution < 1.29 is 4.74 Å². The Morgan fingerprint density at radius 1 is 0.931 bits per heavy atom. The molecule has 0 atom stereocenters. The molecule has 3 aliphatic rings. The maximum Gasteiger partial charge on any atom is 0.134 e. The van der Waals surface area contributed by atoms with Crippen LogP contribution in [0.5, 0.6) is 0 Å². The minimum Gasteiger partial charge on any atom is -0.384 e. The SMILES string of the molecule is Cl.c1cc2c(c(CN3CCN(c4cc(N5CCOCC5)ncn4)CC3)c1)NCC2. The lowest BCUT2D eigenvalue weighted by Gasteiger charge is -2.36. The van der Waals surface area contributed by atoms with E-state index in [-0.39, 0.29) is 12.4 Å². The van der Waals surface area contributed by atoms with Gasteiger partial charge in [-0.25, -0.2) is 9.97 Å². The summed E-state index contributed by atoms with van der Waals surface area (Å²) in [6.07, 6.45) is 2.85. The first kappa shape index (κ1) is 20.2. The van der Waals surface area contributed by atoms with Crippen LogP contribution in [-0.2, 0) is 17.7 Å². The van der Waals surface area contributed by atoms with Crippen LogP contribution in [-0.4, -0.2) is 73.9 Å². The number of ether oxygens (including phenoxy) is 1. The van der Waals surface area contributed by atoms with Gasteiger partial charge < -0.3 is 19.9 Å². The smallest absolute Gasteiger partial charge is 0.134 e. The van der Waals surface area contributed by atoms with Crippen molar-refractivity contribution in [3.63, 3.8) is 0 Å². The maximum absolute atomic E-state index is 5.45. The maximum atomic E-state index is 5.45. The Morgan fingerprint density at radius 3 is 2.41 bits per heavy atom. The summed E-state index contributed by atoms with van der Waals surface area (Å²) in [6.45, 7) is 9.56. The van der Waals surface area contributed by atoms with Crippen LogP contribution in [0.4, 0.5) is 17.3 Å². The van der Waals surface area contributed by atoms with E-state index < -0.39 is 0 Å². The van der Waals surface area contributed by atoms with E-state index >= 15 is 0 Å². The zero-order valence-corrected chi connectivity index (χ0v) is 17.5. The lowest BCUT2D eigenvalue weighted by molar-refractivity contribution is 0.122. The Labute approximate surface area is 178 Å². The van der Waals surface area contributed by atoms with Gasteiger partial charge in [-0.3, -0.25) is 4.90 Å². The molecule has 29 heavy (non-hydrogen) atoms. The van der Waals surface area contributed by atoms with Gasteiger partial charge in [0.1, 0.15) is 18.0 Å². The van der Waals surface area contributed by atoms with Crippen LogP contribution in [0.1, 0.15) is 11.1 Å². The van der Waals surface area contributed by atoms with Gasteiger partial charge in [-0.1, -0.05) is 18.2 Å². The Morgan fingerprint density at radius 2 is 1.66 bits per heavy atom. The number of nitrogens with one attached hydrogen (secondary N) is 1.